The van der Waals surface area contributed by atoms with Crippen molar-refractivity contribution in [2.75, 3.05) is 16.8 Å². The van der Waals surface area contributed by atoms with Crippen molar-refractivity contribution in [2.24, 2.45) is 0 Å². The van der Waals surface area contributed by atoms with E-state index in [0.717, 1.165) is 16.8 Å². The Balaban J connectivity index is 0.00000210. The number of hydrogen-bond donors (Lipinski definition) is 1. The smallest absolute Gasteiger partial charge is 0.548 e. The molecular weight excluding hydrogens is 375 g/mol. The van der Waals surface area contributed by atoms with Crippen LogP contribution in [0.5, 0.6) is 0 Å². The molecule has 132 valence electrons. The number of carbonyl (C=O) groups excluding carboxylic acids is 2. The molecule has 1 unspecified atom stereocenters. The van der Waals surface area contributed by atoms with Gasteiger partial charge in [-0.3, -0.25) is 4.79 Å². The van der Waals surface area contributed by atoms with Gasteiger partial charge in [0.25, 0.3) is 5.91 Å². The Labute approximate surface area is 184 Å². The number of amides is 1. The number of hydrogen-bond acceptors (Lipinski definition) is 4. The molecule has 2 aromatic rings. The van der Waals surface area contributed by atoms with Gasteiger partial charge in [-0.05, 0) is 42.7 Å². The van der Waals surface area contributed by atoms with E-state index in [1.165, 1.54) is 0 Å². The van der Waals surface area contributed by atoms with Gasteiger partial charge in [0.1, 0.15) is 0 Å². The third-order valence-electron chi connectivity index (χ3n) is 4.85. The predicted molar refractivity (Wildman–Crippen MR) is 98.8 cm³/mol. The summed E-state index contributed by atoms with van der Waals surface area (Å²) < 4.78 is 0. The maximum absolute atomic E-state index is 13.0. The second kappa shape index (κ2) is 8.07. The number of carboxylic acids is 1. The second-order valence-corrected chi connectivity index (χ2v) is 6.85. The Kier molecular flexibility index (Phi) is 5.96. The Hall–Kier alpha value is -1.79. The van der Waals surface area contributed by atoms with Crippen LogP contribution in [-0.4, -0.2) is 24.5 Å². The number of halogens is 1. The first-order valence-electron chi connectivity index (χ1n) is 8.41. The van der Waals surface area contributed by atoms with Crippen LogP contribution in [0.4, 0.5) is 11.4 Å². The van der Waals surface area contributed by atoms with E-state index in [4.69, 9.17) is 11.6 Å². The number of nitrogens with zero attached hydrogens (tertiary/aromatic N) is 1. The molecule has 2 aliphatic rings. The van der Waals surface area contributed by atoms with Gasteiger partial charge in [-0.15, -0.1) is 0 Å². The van der Waals surface area contributed by atoms with Gasteiger partial charge in [0.05, 0.1) is 12.0 Å². The first-order valence-corrected chi connectivity index (χ1v) is 8.78. The zero-order valence-corrected chi connectivity index (χ0v) is 17.6. The summed E-state index contributed by atoms with van der Waals surface area (Å²) in [5, 5.41) is 14.9. The predicted octanol–water partition coefficient (Wildman–Crippen LogP) is -0.531. The fourth-order valence-electron chi connectivity index (χ4n) is 3.61. The summed E-state index contributed by atoms with van der Waals surface area (Å²) in [5.41, 5.74) is 3.70. The molecule has 2 heterocycles. The Bertz CT molecular complexity index is 930. The van der Waals surface area contributed by atoms with E-state index in [1.54, 1.807) is 17.0 Å². The summed E-state index contributed by atoms with van der Waals surface area (Å²) in [5.74, 6) is -1.27. The minimum atomic E-state index is -1.20. The SMILES string of the molecule is O=C([O-])C1CC(=C2CCN(c3ccccc3)C2=O)c2ccc(Cl)cc2N1.[Na+]. The van der Waals surface area contributed by atoms with Crippen LogP contribution in [0.25, 0.3) is 5.57 Å². The largest absolute Gasteiger partial charge is 1.00 e. The zero-order valence-electron chi connectivity index (χ0n) is 14.9. The second-order valence-electron chi connectivity index (χ2n) is 6.41. The van der Waals surface area contributed by atoms with Gasteiger partial charge in [0, 0.05) is 34.1 Å². The van der Waals surface area contributed by atoms with E-state index >= 15 is 0 Å². The van der Waals surface area contributed by atoms with Crippen molar-refractivity contribution in [3.8, 4) is 0 Å². The van der Waals surface area contributed by atoms with Crippen molar-refractivity contribution in [1.82, 2.24) is 0 Å². The van der Waals surface area contributed by atoms with Gasteiger partial charge in [0.15, 0.2) is 0 Å². The number of benzene rings is 2. The fraction of sp³-hybridized carbons (Fsp3) is 0.200. The first kappa shape index (κ1) is 20.0. The minimum Gasteiger partial charge on any atom is -0.548 e. The molecule has 0 bridgehead atoms. The average Bonchev–Trinajstić information content (AvgIpc) is 3.02. The molecule has 27 heavy (non-hydrogen) atoms. The Morgan fingerprint density at radius 1 is 1.15 bits per heavy atom. The average molecular weight is 391 g/mol. The van der Waals surface area contributed by atoms with Crippen LogP contribution < -0.4 is 44.9 Å². The van der Waals surface area contributed by atoms with E-state index in [-0.39, 0.29) is 41.9 Å². The molecule has 0 aliphatic carbocycles. The van der Waals surface area contributed by atoms with Crippen molar-refractivity contribution in [1.29, 1.82) is 0 Å². The number of carbonyl (C=O) groups is 2. The Morgan fingerprint density at radius 3 is 2.59 bits per heavy atom. The molecule has 0 spiro atoms. The normalized spacial score (nSPS) is 21.3. The summed E-state index contributed by atoms with van der Waals surface area (Å²) in [7, 11) is 0. The molecule has 4 rings (SSSR count). The van der Waals surface area contributed by atoms with Crippen molar-refractivity contribution in [3.05, 3.63) is 64.7 Å². The quantitative estimate of drug-likeness (QED) is 0.552. The number of para-hydroxylation sites is 1. The molecule has 5 nitrogen and oxygen atoms in total. The van der Waals surface area contributed by atoms with Crippen LogP contribution in [0.15, 0.2) is 54.1 Å². The molecular formula is C20H16ClN2NaO3. The molecule has 0 aromatic heterocycles. The third-order valence-corrected chi connectivity index (χ3v) is 5.09. The van der Waals surface area contributed by atoms with E-state index in [0.29, 0.717) is 29.2 Å². The number of anilines is 2. The monoisotopic (exact) mass is 390 g/mol. The first-order chi connectivity index (χ1) is 12.5. The van der Waals surface area contributed by atoms with E-state index in [2.05, 4.69) is 5.32 Å². The van der Waals surface area contributed by atoms with Crippen LogP contribution >= 0.6 is 11.6 Å². The minimum absolute atomic E-state index is 0. The summed E-state index contributed by atoms with van der Waals surface area (Å²) in [6, 6.07) is 13.8. The van der Waals surface area contributed by atoms with Crippen LogP contribution in [0.1, 0.15) is 18.4 Å². The molecule has 2 aliphatic heterocycles. The maximum atomic E-state index is 13.0. The number of carboxylic acid groups (broad SMARTS) is 1. The summed E-state index contributed by atoms with van der Waals surface area (Å²) in [6.45, 7) is 0.577. The molecule has 2 aromatic carbocycles. The van der Waals surface area contributed by atoms with Gasteiger partial charge in [-0.1, -0.05) is 35.9 Å². The molecule has 0 saturated carbocycles. The van der Waals surface area contributed by atoms with Crippen LogP contribution in [0.3, 0.4) is 0 Å². The molecule has 1 N–H and O–H groups in total. The van der Waals surface area contributed by atoms with E-state index in [9.17, 15) is 14.7 Å². The van der Waals surface area contributed by atoms with E-state index < -0.39 is 12.0 Å². The number of fused-ring (bicyclic) bond motifs is 1. The molecule has 1 saturated heterocycles. The standard InChI is InChI=1S/C20H17ClN2O3.Na/c21-12-6-7-14-16(11-18(20(25)26)22-17(14)10-12)15-8-9-23(19(15)24)13-4-2-1-3-5-13;/h1-7,10,18,22H,8-9,11H2,(H,25,26);/q;+1/p-1. The van der Waals surface area contributed by atoms with Crippen LogP contribution in [-0.2, 0) is 9.59 Å². The van der Waals surface area contributed by atoms with Gasteiger partial charge in [-0.25, -0.2) is 0 Å². The molecule has 1 fully saturated rings. The number of nitrogens with one attached hydrogen (secondary N) is 1. The van der Waals surface area contributed by atoms with Crippen molar-refractivity contribution >= 4 is 40.4 Å². The molecule has 7 heteroatoms. The fourth-order valence-corrected chi connectivity index (χ4v) is 3.78. The van der Waals surface area contributed by atoms with Crippen LogP contribution in [0, 0.1) is 0 Å². The van der Waals surface area contributed by atoms with Gasteiger partial charge in [-0.2, -0.15) is 0 Å². The Morgan fingerprint density at radius 2 is 1.89 bits per heavy atom. The van der Waals surface area contributed by atoms with Gasteiger partial charge in [0.2, 0.25) is 0 Å². The van der Waals surface area contributed by atoms with Crippen LogP contribution in [0.2, 0.25) is 5.02 Å². The topological polar surface area (TPSA) is 72.5 Å². The summed E-state index contributed by atoms with van der Waals surface area (Å²) in [4.78, 5) is 26.2. The van der Waals surface area contributed by atoms with Gasteiger partial charge < -0.3 is 20.1 Å². The van der Waals surface area contributed by atoms with Crippen molar-refractivity contribution in [2.45, 2.75) is 18.9 Å². The molecule has 0 radical (unpaired) electrons. The number of aliphatic carboxylic acids is 1. The summed E-state index contributed by atoms with van der Waals surface area (Å²) in [6.07, 6.45) is 0.783. The van der Waals surface area contributed by atoms with Gasteiger partial charge >= 0.3 is 29.6 Å². The maximum Gasteiger partial charge on any atom is 1.00 e. The zero-order chi connectivity index (χ0) is 18.3. The molecule has 1 amide bonds. The molecule has 1 atom stereocenters. The van der Waals surface area contributed by atoms with E-state index in [1.807, 2.05) is 36.4 Å². The summed E-state index contributed by atoms with van der Waals surface area (Å²) >= 11 is 6.05. The number of rotatable bonds is 2. The van der Waals surface area contributed by atoms with Crippen molar-refractivity contribution < 1.29 is 44.3 Å². The third kappa shape index (κ3) is 3.78. The van der Waals surface area contributed by atoms with Crippen molar-refractivity contribution in [3.63, 3.8) is 0 Å².